The maximum Gasteiger partial charge on any atom is 0.229 e. The minimum atomic E-state index is 0.718. The minimum absolute atomic E-state index is 0.718. The molecule has 0 atom stereocenters. The highest BCUT2D eigenvalue weighted by atomic mass is 32.1. The van der Waals surface area contributed by atoms with E-state index in [9.17, 15) is 0 Å². The summed E-state index contributed by atoms with van der Waals surface area (Å²) in [6.07, 6.45) is 0. The first-order valence-electron chi connectivity index (χ1n) is 4.24. The van der Waals surface area contributed by atoms with Gasteiger partial charge in [0.2, 0.25) is 5.13 Å². The van der Waals surface area contributed by atoms with Crippen LogP contribution in [0.2, 0.25) is 0 Å². The van der Waals surface area contributed by atoms with Crippen LogP contribution in [-0.2, 0) is 0 Å². The lowest BCUT2D eigenvalue weighted by Crippen LogP contribution is -1.91. The topological polar surface area (TPSA) is 50.7 Å². The lowest BCUT2D eigenvalue weighted by molar-refractivity contribution is 0.961. The van der Waals surface area contributed by atoms with Crippen molar-refractivity contribution in [3.63, 3.8) is 0 Å². The molecule has 0 saturated heterocycles. The monoisotopic (exact) mass is 206 g/mol. The van der Waals surface area contributed by atoms with Crippen LogP contribution in [0.4, 0.5) is 10.8 Å². The summed E-state index contributed by atoms with van der Waals surface area (Å²) >= 11 is 1.25. The summed E-state index contributed by atoms with van der Waals surface area (Å²) in [4.78, 5) is 0. The predicted octanol–water partition coefficient (Wildman–Crippen LogP) is 2.29. The van der Waals surface area contributed by atoms with E-state index in [0.29, 0.717) is 0 Å². The van der Waals surface area contributed by atoms with Crippen LogP contribution in [0, 0.1) is 13.8 Å². The SMILES string of the molecule is Cc1cc(C)cc(Nc2nnns2)c1. The average molecular weight is 206 g/mol. The third-order valence-electron chi connectivity index (χ3n) is 1.77. The number of hydrogen-bond donors (Lipinski definition) is 1. The largest absolute Gasteiger partial charge is 0.329 e. The van der Waals surface area contributed by atoms with Gasteiger partial charge in [0, 0.05) is 17.2 Å². The molecule has 5 heteroatoms. The molecular weight excluding hydrogens is 196 g/mol. The van der Waals surface area contributed by atoms with Gasteiger partial charge in [-0.2, -0.15) is 0 Å². The molecule has 1 N–H and O–H groups in total. The molecule has 0 aliphatic heterocycles. The minimum Gasteiger partial charge on any atom is -0.329 e. The fraction of sp³-hybridized carbons (Fsp3) is 0.222. The summed E-state index contributed by atoms with van der Waals surface area (Å²) < 4.78 is 3.68. The van der Waals surface area contributed by atoms with Crippen molar-refractivity contribution in [1.82, 2.24) is 14.8 Å². The second-order valence-electron chi connectivity index (χ2n) is 3.17. The zero-order valence-corrected chi connectivity index (χ0v) is 8.80. The normalized spacial score (nSPS) is 10.1. The standard InChI is InChI=1S/C9H10N4S/c1-6-3-7(2)5-8(4-6)10-9-11-12-13-14-9/h3-5H,1-2H3,(H,10,11,13). The molecule has 14 heavy (non-hydrogen) atoms. The molecule has 0 aliphatic rings. The molecule has 0 fully saturated rings. The summed E-state index contributed by atoms with van der Waals surface area (Å²) in [5.41, 5.74) is 3.48. The first-order valence-corrected chi connectivity index (χ1v) is 5.02. The molecule has 72 valence electrons. The van der Waals surface area contributed by atoms with E-state index in [0.717, 1.165) is 10.8 Å². The smallest absolute Gasteiger partial charge is 0.229 e. The summed E-state index contributed by atoms with van der Waals surface area (Å²) in [6.45, 7) is 4.13. The molecule has 0 unspecified atom stereocenters. The molecule has 0 spiro atoms. The van der Waals surface area contributed by atoms with E-state index < -0.39 is 0 Å². The Hall–Kier alpha value is -1.49. The van der Waals surface area contributed by atoms with Crippen molar-refractivity contribution in [2.75, 3.05) is 5.32 Å². The highest BCUT2D eigenvalue weighted by Gasteiger charge is 1.99. The van der Waals surface area contributed by atoms with Crippen molar-refractivity contribution in [2.45, 2.75) is 13.8 Å². The number of hydrogen-bond acceptors (Lipinski definition) is 5. The molecule has 0 bridgehead atoms. The van der Waals surface area contributed by atoms with E-state index in [-0.39, 0.29) is 0 Å². The molecule has 2 aromatic rings. The van der Waals surface area contributed by atoms with Crippen molar-refractivity contribution in [3.8, 4) is 0 Å². The van der Waals surface area contributed by atoms with E-state index in [1.807, 2.05) is 0 Å². The lowest BCUT2D eigenvalue weighted by Gasteiger charge is -2.04. The Morgan fingerprint density at radius 1 is 1.14 bits per heavy atom. The first kappa shape index (κ1) is 9.08. The predicted molar refractivity (Wildman–Crippen MR) is 56.9 cm³/mol. The Morgan fingerprint density at radius 3 is 2.43 bits per heavy atom. The number of aryl methyl sites for hydroxylation is 2. The third-order valence-corrected chi connectivity index (χ3v) is 2.28. The third kappa shape index (κ3) is 2.05. The quantitative estimate of drug-likeness (QED) is 0.819. The van der Waals surface area contributed by atoms with Crippen LogP contribution < -0.4 is 5.32 Å². The van der Waals surface area contributed by atoms with Gasteiger partial charge in [0.15, 0.2) is 0 Å². The second-order valence-corrected chi connectivity index (χ2v) is 3.90. The van der Waals surface area contributed by atoms with Gasteiger partial charge in [-0.25, -0.2) is 0 Å². The molecule has 0 radical (unpaired) electrons. The van der Waals surface area contributed by atoms with Crippen molar-refractivity contribution in [1.29, 1.82) is 0 Å². The number of aromatic nitrogens is 3. The molecule has 0 amide bonds. The molecule has 0 saturated carbocycles. The number of nitrogens with zero attached hydrogens (tertiary/aromatic N) is 3. The Labute approximate surface area is 86.1 Å². The van der Waals surface area contributed by atoms with Gasteiger partial charge in [-0.3, -0.25) is 0 Å². The van der Waals surface area contributed by atoms with Crippen LogP contribution in [0.15, 0.2) is 18.2 Å². The highest BCUT2D eigenvalue weighted by Crippen LogP contribution is 2.18. The van der Waals surface area contributed by atoms with Gasteiger partial charge in [0.1, 0.15) is 0 Å². The van der Waals surface area contributed by atoms with Gasteiger partial charge >= 0.3 is 0 Å². The Balaban J connectivity index is 2.25. The summed E-state index contributed by atoms with van der Waals surface area (Å²) in [7, 11) is 0. The summed E-state index contributed by atoms with van der Waals surface area (Å²) in [6, 6.07) is 6.26. The van der Waals surface area contributed by atoms with E-state index in [2.05, 4.69) is 52.2 Å². The summed E-state index contributed by atoms with van der Waals surface area (Å²) in [5.74, 6) is 0. The number of benzene rings is 1. The van der Waals surface area contributed by atoms with Gasteiger partial charge in [-0.15, -0.1) is 0 Å². The number of anilines is 2. The average Bonchev–Trinajstić information content (AvgIpc) is 2.54. The van der Waals surface area contributed by atoms with Crippen molar-refractivity contribution in [3.05, 3.63) is 29.3 Å². The molecule has 1 heterocycles. The molecule has 4 nitrogen and oxygen atoms in total. The molecular formula is C9H10N4S. The van der Waals surface area contributed by atoms with Crippen LogP contribution in [-0.4, -0.2) is 14.8 Å². The zero-order valence-electron chi connectivity index (χ0n) is 7.98. The van der Waals surface area contributed by atoms with E-state index in [1.54, 1.807) is 0 Å². The summed E-state index contributed by atoms with van der Waals surface area (Å²) in [5, 5.41) is 11.2. The molecule has 0 aliphatic carbocycles. The fourth-order valence-electron chi connectivity index (χ4n) is 1.35. The van der Waals surface area contributed by atoms with Crippen LogP contribution >= 0.6 is 11.5 Å². The number of rotatable bonds is 2. The van der Waals surface area contributed by atoms with Crippen LogP contribution in [0.3, 0.4) is 0 Å². The Kier molecular flexibility index (Phi) is 2.41. The van der Waals surface area contributed by atoms with Crippen LogP contribution in [0.5, 0.6) is 0 Å². The number of nitrogens with one attached hydrogen (secondary N) is 1. The second kappa shape index (κ2) is 3.71. The van der Waals surface area contributed by atoms with Crippen molar-refractivity contribution < 1.29 is 0 Å². The van der Waals surface area contributed by atoms with Gasteiger partial charge in [-0.05, 0) is 42.3 Å². The maximum absolute atomic E-state index is 3.82. The molecule has 1 aromatic carbocycles. The van der Waals surface area contributed by atoms with Gasteiger partial charge in [-0.1, -0.05) is 15.7 Å². The van der Waals surface area contributed by atoms with E-state index in [1.165, 1.54) is 22.7 Å². The fourth-order valence-corrected chi connectivity index (χ4v) is 1.74. The Bertz CT molecular complexity index is 404. The highest BCUT2D eigenvalue weighted by molar-refractivity contribution is 7.09. The maximum atomic E-state index is 3.82. The lowest BCUT2D eigenvalue weighted by atomic mass is 10.1. The van der Waals surface area contributed by atoms with Crippen LogP contribution in [0.1, 0.15) is 11.1 Å². The van der Waals surface area contributed by atoms with E-state index >= 15 is 0 Å². The first-order chi connectivity index (χ1) is 6.74. The molecule has 2 rings (SSSR count). The Morgan fingerprint density at radius 2 is 1.86 bits per heavy atom. The van der Waals surface area contributed by atoms with Crippen molar-refractivity contribution in [2.24, 2.45) is 0 Å². The van der Waals surface area contributed by atoms with Gasteiger partial charge in [0.25, 0.3) is 0 Å². The van der Waals surface area contributed by atoms with Gasteiger partial charge in [0.05, 0.1) is 0 Å². The van der Waals surface area contributed by atoms with E-state index in [4.69, 9.17) is 0 Å². The van der Waals surface area contributed by atoms with Crippen LogP contribution in [0.25, 0.3) is 0 Å². The molecule has 1 aromatic heterocycles. The van der Waals surface area contributed by atoms with Crippen molar-refractivity contribution >= 4 is 22.4 Å². The zero-order chi connectivity index (χ0) is 9.97. The van der Waals surface area contributed by atoms with Gasteiger partial charge < -0.3 is 5.32 Å².